The Morgan fingerprint density at radius 1 is 0.943 bits per heavy atom. The Hall–Kier alpha value is -3.43. The predicted molar refractivity (Wildman–Crippen MR) is 138 cm³/mol. The molecule has 1 saturated heterocycles. The lowest BCUT2D eigenvalue weighted by atomic mass is 10.1. The number of hydrogen-bond acceptors (Lipinski definition) is 6. The molecule has 0 atom stereocenters. The topological polar surface area (TPSA) is 103 Å². The van der Waals surface area contributed by atoms with Crippen LogP contribution >= 0.6 is 0 Å². The van der Waals surface area contributed by atoms with Crippen LogP contribution in [-0.4, -0.2) is 75.6 Å². The van der Waals surface area contributed by atoms with E-state index >= 15 is 0 Å². The van der Waals surface area contributed by atoms with Gasteiger partial charge in [-0.15, -0.1) is 0 Å². The highest BCUT2D eigenvalue weighted by atomic mass is 16.5. The maximum Gasteiger partial charge on any atom is 0.253 e. The number of likely N-dealkylation sites (N-methyl/N-ethyl adjacent to an activating group) is 1. The van der Waals surface area contributed by atoms with Gasteiger partial charge in [-0.3, -0.25) is 19.3 Å². The monoisotopic (exact) mass is 481 g/mol. The van der Waals surface area contributed by atoms with E-state index in [4.69, 9.17) is 4.74 Å². The summed E-state index contributed by atoms with van der Waals surface area (Å²) < 4.78 is 5.38. The van der Waals surface area contributed by atoms with Crippen LogP contribution in [0.2, 0.25) is 0 Å². The minimum absolute atomic E-state index is 0.00529. The number of morpholine rings is 1. The molecule has 3 amide bonds. The van der Waals surface area contributed by atoms with Gasteiger partial charge < -0.3 is 25.6 Å². The van der Waals surface area contributed by atoms with Crippen LogP contribution in [-0.2, 0) is 14.3 Å². The molecule has 1 fully saturated rings. The molecule has 188 valence electrons. The van der Waals surface area contributed by atoms with E-state index in [1.54, 1.807) is 36.2 Å². The zero-order valence-corrected chi connectivity index (χ0v) is 20.7. The molecule has 1 heterocycles. The molecule has 3 rings (SSSR count). The van der Waals surface area contributed by atoms with Gasteiger partial charge in [-0.25, -0.2) is 0 Å². The fourth-order valence-corrected chi connectivity index (χ4v) is 3.70. The average Bonchev–Trinajstić information content (AvgIpc) is 2.83. The number of nitrogens with zero attached hydrogens (tertiary/aromatic N) is 2. The predicted octanol–water partition coefficient (Wildman–Crippen LogP) is 2.42. The summed E-state index contributed by atoms with van der Waals surface area (Å²) in [5.74, 6) is -0.433. The van der Waals surface area contributed by atoms with E-state index in [0.717, 1.165) is 32.0 Å². The lowest BCUT2D eigenvalue weighted by Gasteiger charge is -2.28. The Labute approximate surface area is 206 Å². The largest absolute Gasteiger partial charge is 0.378 e. The normalized spacial score (nSPS) is 13.6. The van der Waals surface area contributed by atoms with Crippen molar-refractivity contribution in [2.45, 2.75) is 13.8 Å². The summed E-state index contributed by atoms with van der Waals surface area (Å²) in [6, 6.07) is 14.6. The Morgan fingerprint density at radius 2 is 1.57 bits per heavy atom. The molecule has 9 heteroatoms. The first-order valence-electron chi connectivity index (χ1n) is 11.9. The number of anilines is 3. The summed E-state index contributed by atoms with van der Waals surface area (Å²) >= 11 is 0. The number of carbonyl (C=O) groups excluding carboxylic acids is 3. The Balaban J connectivity index is 1.47. The molecule has 0 spiro atoms. The Kier molecular flexibility index (Phi) is 9.63. The molecule has 3 N–H and O–H groups in total. The second kappa shape index (κ2) is 12.9. The highest BCUT2D eigenvalue weighted by Crippen LogP contribution is 2.19. The van der Waals surface area contributed by atoms with Crippen LogP contribution in [0.25, 0.3) is 0 Å². The molecule has 1 aliphatic heterocycles. The number of benzene rings is 2. The zero-order valence-electron chi connectivity index (χ0n) is 20.7. The quantitative estimate of drug-likeness (QED) is 0.482. The van der Waals surface area contributed by atoms with E-state index in [0.29, 0.717) is 29.4 Å². The van der Waals surface area contributed by atoms with Crippen molar-refractivity contribution < 1.29 is 19.1 Å². The van der Waals surface area contributed by atoms with Crippen molar-refractivity contribution in [1.29, 1.82) is 0 Å². The molecular formula is C26H35N5O4. The van der Waals surface area contributed by atoms with Gasteiger partial charge in [0.1, 0.15) is 0 Å². The second-order valence-corrected chi connectivity index (χ2v) is 9.06. The van der Waals surface area contributed by atoms with Crippen LogP contribution in [0.1, 0.15) is 24.2 Å². The van der Waals surface area contributed by atoms with Crippen LogP contribution in [0.3, 0.4) is 0 Å². The standard InChI is InChI=1S/C26H35N5O4/c1-19(2)16-27-26(34)22-6-4-5-7-23(22)29-25(33)18-30(3)17-24(32)28-20-8-10-21(11-9-20)31-12-14-35-15-13-31/h4-11,19H,12-18H2,1-3H3,(H,27,34)(H,28,32)(H,29,33). The van der Waals surface area contributed by atoms with Gasteiger partial charge in [-0.1, -0.05) is 26.0 Å². The number of hydrogen-bond donors (Lipinski definition) is 3. The maximum atomic E-state index is 12.6. The van der Waals surface area contributed by atoms with Gasteiger partial charge in [0.15, 0.2) is 0 Å². The smallest absolute Gasteiger partial charge is 0.253 e. The molecule has 9 nitrogen and oxygen atoms in total. The van der Waals surface area contributed by atoms with Gasteiger partial charge in [0.25, 0.3) is 5.91 Å². The molecule has 2 aromatic carbocycles. The number of nitrogens with one attached hydrogen (secondary N) is 3. The van der Waals surface area contributed by atoms with E-state index in [2.05, 4.69) is 20.9 Å². The summed E-state index contributed by atoms with van der Waals surface area (Å²) in [5, 5.41) is 8.51. The first kappa shape index (κ1) is 26.2. The van der Waals surface area contributed by atoms with E-state index < -0.39 is 0 Å². The fourth-order valence-electron chi connectivity index (χ4n) is 3.70. The third-order valence-corrected chi connectivity index (χ3v) is 5.47. The summed E-state index contributed by atoms with van der Waals surface area (Å²) in [4.78, 5) is 41.3. The summed E-state index contributed by atoms with van der Waals surface area (Å²) in [5.41, 5.74) is 2.64. The minimum Gasteiger partial charge on any atom is -0.378 e. The molecule has 0 saturated carbocycles. The van der Waals surface area contributed by atoms with Crippen LogP contribution in [0.15, 0.2) is 48.5 Å². The van der Waals surface area contributed by atoms with Gasteiger partial charge in [0, 0.05) is 31.0 Å². The third-order valence-electron chi connectivity index (χ3n) is 5.47. The van der Waals surface area contributed by atoms with Crippen molar-refractivity contribution in [1.82, 2.24) is 10.2 Å². The number of carbonyl (C=O) groups is 3. The first-order valence-corrected chi connectivity index (χ1v) is 11.9. The SMILES string of the molecule is CC(C)CNC(=O)c1ccccc1NC(=O)CN(C)CC(=O)Nc1ccc(N2CCOCC2)cc1. The Bertz CT molecular complexity index is 1000. The fraction of sp³-hybridized carbons (Fsp3) is 0.423. The van der Waals surface area contributed by atoms with Gasteiger partial charge >= 0.3 is 0 Å². The van der Waals surface area contributed by atoms with E-state index in [-0.39, 0.29) is 30.8 Å². The molecule has 1 aliphatic rings. The van der Waals surface area contributed by atoms with Crippen molar-refractivity contribution in [2.24, 2.45) is 5.92 Å². The van der Waals surface area contributed by atoms with Crippen LogP contribution in [0.4, 0.5) is 17.1 Å². The maximum absolute atomic E-state index is 12.6. The van der Waals surface area contributed by atoms with Crippen LogP contribution < -0.4 is 20.9 Å². The van der Waals surface area contributed by atoms with E-state index in [1.807, 2.05) is 38.1 Å². The molecule has 0 unspecified atom stereocenters. The minimum atomic E-state index is -0.306. The summed E-state index contributed by atoms with van der Waals surface area (Å²) in [6.45, 7) is 7.78. The van der Waals surface area contributed by atoms with E-state index in [1.165, 1.54) is 0 Å². The number of ether oxygens (including phenoxy) is 1. The lowest BCUT2D eigenvalue weighted by Crippen LogP contribution is -2.36. The third kappa shape index (κ3) is 8.38. The van der Waals surface area contributed by atoms with Crippen molar-refractivity contribution in [3.05, 3.63) is 54.1 Å². The summed E-state index contributed by atoms with van der Waals surface area (Å²) in [7, 11) is 1.70. The molecule has 0 radical (unpaired) electrons. The molecule has 2 aromatic rings. The van der Waals surface area contributed by atoms with Crippen LogP contribution in [0, 0.1) is 5.92 Å². The average molecular weight is 482 g/mol. The lowest BCUT2D eigenvalue weighted by molar-refractivity contribution is -0.119. The Morgan fingerprint density at radius 3 is 2.23 bits per heavy atom. The van der Waals surface area contributed by atoms with E-state index in [9.17, 15) is 14.4 Å². The van der Waals surface area contributed by atoms with Gasteiger partial charge in [0.05, 0.1) is 37.6 Å². The first-order chi connectivity index (χ1) is 16.8. The molecule has 0 aliphatic carbocycles. The van der Waals surface area contributed by atoms with Gasteiger partial charge in [-0.05, 0) is 49.4 Å². The molecule has 0 aromatic heterocycles. The number of amides is 3. The van der Waals surface area contributed by atoms with Crippen molar-refractivity contribution in [3.63, 3.8) is 0 Å². The highest BCUT2D eigenvalue weighted by Gasteiger charge is 2.16. The highest BCUT2D eigenvalue weighted by molar-refractivity contribution is 6.04. The van der Waals surface area contributed by atoms with Crippen molar-refractivity contribution in [3.8, 4) is 0 Å². The number of rotatable bonds is 10. The van der Waals surface area contributed by atoms with Crippen molar-refractivity contribution in [2.75, 3.05) is 68.5 Å². The van der Waals surface area contributed by atoms with Crippen LogP contribution in [0.5, 0.6) is 0 Å². The van der Waals surface area contributed by atoms with Crippen molar-refractivity contribution >= 4 is 34.8 Å². The second-order valence-electron chi connectivity index (χ2n) is 9.06. The number of para-hydroxylation sites is 1. The summed E-state index contributed by atoms with van der Waals surface area (Å²) in [6.07, 6.45) is 0. The molecule has 0 bridgehead atoms. The molecule has 35 heavy (non-hydrogen) atoms. The molecular weight excluding hydrogens is 446 g/mol. The van der Waals surface area contributed by atoms with Gasteiger partial charge in [-0.2, -0.15) is 0 Å². The van der Waals surface area contributed by atoms with Gasteiger partial charge in [0.2, 0.25) is 11.8 Å². The zero-order chi connectivity index (χ0) is 25.2.